The Morgan fingerprint density at radius 3 is 2.30 bits per heavy atom. The maximum absolute atomic E-state index is 3.95. The summed E-state index contributed by atoms with van der Waals surface area (Å²) in [6.45, 7) is 9.91. The Morgan fingerprint density at radius 1 is 1.30 bits per heavy atom. The molecule has 56 valence electrons. The van der Waals surface area contributed by atoms with Crippen molar-refractivity contribution in [3.05, 3.63) is 24.9 Å². The Balaban J connectivity index is 3.77. The van der Waals surface area contributed by atoms with Gasteiger partial charge in [-0.1, -0.05) is 39.5 Å². The minimum absolute atomic E-state index is 0.221. The molecule has 0 saturated heterocycles. The summed E-state index contributed by atoms with van der Waals surface area (Å²) in [6.07, 6.45) is 7.17. The zero-order chi connectivity index (χ0) is 8.04. The van der Waals surface area contributed by atoms with E-state index in [2.05, 4.69) is 32.3 Å². The van der Waals surface area contributed by atoms with Crippen LogP contribution >= 0.6 is 0 Å². The molecule has 0 unspecified atom stereocenters. The van der Waals surface area contributed by atoms with E-state index in [0.29, 0.717) is 0 Å². The van der Waals surface area contributed by atoms with Crippen LogP contribution < -0.4 is 0 Å². The van der Waals surface area contributed by atoms with Crippen LogP contribution in [0, 0.1) is 5.41 Å². The van der Waals surface area contributed by atoms with Gasteiger partial charge in [-0.3, -0.25) is 4.99 Å². The lowest BCUT2D eigenvalue weighted by atomic mass is 9.97. The fourth-order valence-corrected chi connectivity index (χ4v) is 0.377. The van der Waals surface area contributed by atoms with E-state index < -0.39 is 0 Å². The smallest absolute Gasteiger partial charge is 0.0261 e. The van der Waals surface area contributed by atoms with Gasteiger partial charge in [-0.05, 0) is 5.41 Å². The average molecular weight is 137 g/mol. The zero-order valence-electron chi connectivity index (χ0n) is 6.96. The van der Waals surface area contributed by atoms with E-state index in [0.717, 1.165) is 0 Å². The largest absolute Gasteiger partial charge is 0.265 e. The Hall–Kier alpha value is -0.850. The highest BCUT2D eigenvalue weighted by Gasteiger charge is 2.01. The van der Waals surface area contributed by atoms with Gasteiger partial charge in [0.05, 0.1) is 0 Å². The van der Waals surface area contributed by atoms with E-state index >= 15 is 0 Å². The second kappa shape index (κ2) is 4.04. The molecule has 0 fully saturated rings. The topological polar surface area (TPSA) is 12.4 Å². The van der Waals surface area contributed by atoms with Gasteiger partial charge in [0.15, 0.2) is 0 Å². The number of hydrogen-bond acceptors (Lipinski definition) is 1. The van der Waals surface area contributed by atoms with Gasteiger partial charge in [0, 0.05) is 12.4 Å². The lowest BCUT2D eigenvalue weighted by Crippen LogP contribution is -1.97. The average Bonchev–Trinajstić information content (AvgIpc) is 1.78. The molecule has 0 radical (unpaired) electrons. The molecule has 10 heavy (non-hydrogen) atoms. The first-order valence-corrected chi connectivity index (χ1v) is 3.38. The van der Waals surface area contributed by atoms with Crippen molar-refractivity contribution in [3.63, 3.8) is 0 Å². The van der Waals surface area contributed by atoms with E-state index in [1.165, 1.54) is 0 Å². The van der Waals surface area contributed by atoms with Gasteiger partial charge < -0.3 is 0 Å². The number of allylic oxidation sites excluding steroid dienone is 2. The van der Waals surface area contributed by atoms with Crippen LogP contribution in [-0.2, 0) is 0 Å². The minimum atomic E-state index is 0.221. The number of aliphatic imine (C=N–C) groups is 1. The Labute approximate surface area is 63.2 Å². The highest BCUT2D eigenvalue weighted by Crippen LogP contribution is 2.13. The molecular weight excluding hydrogens is 122 g/mol. The Kier molecular flexibility index (Phi) is 3.70. The first-order valence-electron chi connectivity index (χ1n) is 3.38. The van der Waals surface area contributed by atoms with Crippen LogP contribution in [0.15, 0.2) is 29.9 Å². The highest BCUT2D eigenvalue weighted by atomic mass is 14.7. The van der Waals surface area contributed by atoms with Crippen molar-refractivity contribution in [3.8, 4) is 0 Å². The van der Waals surface area contributed by atoms with Gasteiger partial charge in [-0.2, -0.15) is 0 Å². The van der Waals surface area contributed by atoms with Crippen molar-refractivity contribution in [1.82, 2.24) is 0 Å². The second-order valence-electron chi connectivity index (χ2n) is 3.22. The third-order valence-electron chi connectivity index (χ3n) is 0.852. The van der Waals surface area contributed by atoms with Gasteiger partial charge in [-0.15, -0.1) is 0 Å². The van der Waals surface area contributed by atoms with Crippen LogP contribution in [0.2, 0.25) is 0 Å². The standard InChI is InChI=1S/C9H15N/c1-5-7-10-8-6-9(2,3)4/h5-8H,1H2,2-4H3/b8-6+,10-7?. The van der Waals surface area contributed by atoms with Gasteiger partial charge in [0.25, 0.3) is 0 Å². The first kappa shape index (κ1) is 9.15. The number of hydrogen-bond donors (Lipinski definition) is 0. The second-order valence-corrected chi connectivity index (χ2v) is 3.22. The molecule has 0 spiro atoms. The summed E-state index contributed by atoms with van der Waals surface area (Å²) in [5.74, 6) is 0. The summed E-state index contributed by atoms with van der Waals surface area (Å²) in [5, 5.41) is 0. The summed E-state index contributed by atoms with van der Waals surface area (Å²) in [5.41, 5.74) is 0.221. The van der Waals surface area contributed by atoms with Crippen LogP contribution in [-0.4, -0.2) is 6.21 Å². The molecule has 0 aromatic heterocycles. The van der Waals surface area contributed by atoms with E-state index in [1.807, 2.05) is 6.08 Å². The van der Waals surface area contributed by atoms with Crippen LogP contribution in [0.5, 0.6) is 0 Å². The quantitative estimate of drug-likeness (QED) is 0.519. The van der Waals surface area contributed by atoms with Crippen molar-refractivity contribution in [2.24, 2.45) is 10.4 Å². The molecule has 1 heteroatoms. The van der Waals surface area contributed by atoms with Gasteiger partial charge in [0.2, 0.25) is 0 Å². The van der Waals surface area contributed by atoms with Crippen LogP contribution in [0.4, 0.5) is 0 Å². The summed E-state index contributed by atoms with van der Waals surface area (Å²) < 4.78 is 0. The summed E-state index contributed by atoms with van der Waals surface area (Å²) in [7, 11) is 0. The lowest BCUT2D eigenvalue weighted by Gasteiger charge is -2.09. The SMILES string of the molecule is C=CC=N/C=C/C(C)(C)C. The van der Waals surface area contributed by atoms with Crippen molar-refractivity contribution in [1.29, 1.82) is 0 Å². The number of rotatable bonds is 2. The predicted octanol–water partition coefficient (Wildman–Crippen LogP) is 2.80. The maximum Gasteiger partial charge on any atom is 0.0261 e. The van der Waals surface area contributed by atoms with Crippen molar-refractivity contribution < 1.29 is 0 Å². The molecule has 0 rings (SSSR count). The lowest BCUT2D eigenvalue weighted by molar-refractivity contribution is 0.543. The molecule has 0 aromatic carbocycles. The maximum atomic E-state index is 3.95. The molecule has 0 bridgehead atoms. The van der Waals surface area contributed by atoms with Gasteiger partial charge >= 0.3 is 0 Å². The van der Waals surface area contributed by atoms with Crippen molar-refractivity contribution >= 4 is 6.21 Å². The highest BCUT2D eigenvalue weighted by molar-refractivity contribution is 5.70. The molecule has 0 aromatic rings. The first-order chi connectivity index (χ1) is 4.56. The molecule has 0 amide bonds. The molecule has 0 N–H and O–H groups in total. The molecule has 0 aliphatic rings. The van der Waals surface area contributed by atoms with E-state index in [1.54, 1.807) is 18.5 Å². The van der Waals surface area contributed by atoms with Crippen LogP contribution in [0.25, 0.3) is 0 Å². The van der Waals surface area contributed by atoms with Gasteiger partial charge in [0.1, 0.15) is 0 Å². The zero-order valence-corrected chi connectivity index (χ0v) is 6.96. The Morgan fingerprint density at radius 2 is 1.90 bits per heavy atom. The van der Waals surface area contributed by atoms with Crippen LogP contribution in [0.1, 0.15) is 20.8 Å². The monoisotopic (exact) mass is 137 g/mol. The van der Waals surface area contributed by atoms with E-state index in [-0.39, 0.29) is 5.41 Å². The van der Waals surface area contributed by atoms with Gasteiger partial charge in [-0.25, -0.2) is 0 Å². The van der Waals surface area contributed by atoms with Crippen molar-refractivity contribution in [2.75, 3.05) is 0 Å². The fourth-order valence-electron chi connectivity index (χ4n) is 0.377. The summed E-state index contributed by atoms with van der Waals surface area (Å²) in [6, 6.07) is 0. The molecule has 1 nitrogen and oxygen atoms in total. The molecule has 0 aliphatic carbocycles. The molecule has 0 aliphatic heterocycles. The molecule has 0 heterocycles. The van der Waals surface area contributed by atoms with Crippen LogP contribution in [0.3, 0.4) is 0 Å². The predicted molar refractivity (Wildman–Crippen MR) is 47.3 cm³/mol. The van der Waals surface area contributed by atoms with Crippen molar-refractivity contribution in [2.45, 2.75) is 20.8 Å². The molecular formula is C9H15N. The third-order valence-corrected chi connectivity index (χ3v) is 0.852. The Bertz CT molecular complexity index is 147. The fraction of sp³-hybridized carbons (Fsp3) is 0.444. The molecule has 0 atom stereocenters. The van der Waals surface area contributed by atoms with E-state index in [4.69, 9.17) is 0 Å². The summed E-state index contributed by atoms with van der Waals surface area (Å²) >= 11 is 0. The molecule has 0 saturated carbocycles. The third kappa shape index (κ3) is 7.15. The normalized spacial score (nSPS) is 13.1. The minimum Gasteiger partial charge on any atom is -0.265 e. The van der Waals surface area contributed by atoms with E-state index in [9.17, 15) is 0 Å². The summed E-state index contributed by atoms with van der Waals surface area (Å²) in [4.78, 5) is 3.95. The number of nitrogens with zero attached hydrogens (tertiary/aromatic N) is 1.